The molecule has 0 saturated carbocycles. The molecule has 4 rings (SSSR count). The van der Waals surface area contributed by atoms with E-state index in [2.05, 4.69) is 32.7 Å². The molecule has 2 N–H and O–H groups in total. The van der Waals surface area contributed by atoms with Crippen LogP contribution in [0.1, 0.15) is 16.8 Å². The molecule has 0 aliphatic carbocycles. The van der Waals surface area contributed by atoms with Crippen molar-refractivity contribution in [2.75, 3.05) is 50.1 Å². The zero-order valence-electron chi connectivity index (χ0n) is 19.2. The summed E-state index contributed by atoms with van der Waals surface area (Å²) < 4.78 is 5.36. The van der Waals surface area contributed by atoms with Crippen LogP contribution in [0.25, 0.3) is 0 Å². The third kappa shape index (κ3) is 5.64. The molecule has 8 heteroatoms. The fourth-order valence-electron chi connectivity index (χ4n) is 3.95. The fourth-order valence-corrected chi connectivity index (χ4v) is 3.95. The molecule has 0 bridgehead atoms. The maximum atomic E-state index is 12.8. The van der Waals surface area contributed by atoms with Crippen LogP contribution in [-0.2, 0) is 4.79 Å². The number of carbonyl (C=O) groups excluding carboxylic acids is 2. The standard InChI is InChI=1S/C26H29N5O3/c1-34-23-12-6-5-11-22(23)29-25-21(10-7-14-27-25)26(33)28-15-13-24(32)31-18-16-30(17-19-31)20-8-3-2-4-9-20/h2-12,14H,13,15-19H2,1H3,(H,27,29)(H,28,33). The molecule has 2 amide bonds. The molecule has 0 atom stereocenters. The van der Waals surface area contributed by atoms with Gasteiger partial charge < -0.3 is 25.2 Å². The molecule has 1 aliphatic heterocycles. The number of para-hydroxylation sites is 3. The number of hydrogen-bond donors (Lipinski definition) is 2. The molecule has 176 valence electrons. The summed E-state index contributed by atoms with van der Waals surface area (Å²) in [6, 6.07) is 21.1. The number of rotatable bonds is 8. The van der Waals surface area contributed by atoms with Gasteiger partial charge in [0.15, 0.2) is 0 Å². The maximum Gasteiger partial charge on any atom is 0.255 e. The number of aromatic nitrogens is 1. The highest BCUT2D eigenvalue weighted by Crippen LogP contribution is 2.27. The highest BCUT2D eigenvalue weighted by atomic mass is 16.5. The van der Waals surface area contributed by atoms with Crippen LogP contribution in [0.15, 0.2) is 72.9 Å². The van der Waals surface area contributed by atoms with Crippen molar-refractivity contribution < 1.29 is 14.3 Å². The Morgan fingerprint density at radius 3 is 2.44 bits per heavy atom. The van der Waals surface area contributed by atoms with Crippen molar-refractivity contribution in [1.82, 2.24) is 15.2 Å². The van der Waals surface area contributed by atoms with Crippen molar-refractivity contribution in [3.63, 3.8) is 0 Å². The lowest BCUT2D eigenvalue weighted by atomic mass is 10.2. The van der Waals surface area contributed by atoms with Crippen molar-refractivity contribution in [3.05, 3.63) is 78.5 Å². The molecular formula is C26H29N5O3. The summed E-state index contributed by atoms with van der Waals surface area (Å²) in [5.41, 5.74) is 2.29. The Labute approximate surface area is 199 Å². The van der Waals surface area contributed by atoms with Crippen LogP contribution in [0.5, 0.6) is 5.75 Å². The van der Waals surface area contributed by atoms with Crippen molar-refractivity contribution >= 4 is 29.0 Å². The van der Waals surface area contributed by atoms with E-state index in [0.717, 1.165) is 13.1 Å². The predicted octanol–water partition coefficient (Wildman–Crippen LogP) is 3.30. The number of anilines is 3. The second kappa shape index (κ2) is 11.2. The Kier molecular flexibility index (Phi) is 7.60. The molecular weight excluding hydrogens is 430 g/mol. The minimum atomic E-state index is -0.285. The van der Waals surface area contributed by atoms with Gasteiger partial charge in [0.1, 0.15) is 11.6 Å². The first-order valence-electron chi connectivity index (χ1n) is 11.4. The van der Waals surface area contributed by atoms with E-state index in [1.165, 1.54) is 5.69 Å². The second-order valence-electron chi connectivity index (χ2n) is 7.93. The van der Waals surface area contributed by atoms with Gasteiger partial charge in [0.25, 0.3) is 5.91 Å². The van der Waals surface area contributed by atoms with Crippen LogP contribution in [-0.4, -0.2) is 61.5 Å². The van der Waals surface area contributed by atoms with E-state index in [-0.39, 0.29) is 24.8 Å². The molecule has 34 heavy (non-hydrogen) atoms. The highest BCUT2D eigenvalue weighted by molar-refractivity contribution is 5.99. The zero-order chi connectivity index (χ0) is 23.8. The Balaban J connectivity index is 1.28. The molecule has 2 heterocycles. The summed E-state index contributed by atoms with van der Waals surface area (Å²) in [5.74, 6) is 0.837. The first kappa shape index (κ1) is 23.1. The Bertz CT molecular complexity index is 1110. The van der Waals surface area contributed by atoms with Gasteiger partial charge in [0.2, 0.25) is 5.91 Å². The average molecular weight is 460 g/mol. The lowest BCUT2D eigenvalue weighted by Gasteiger charge is -2.36. The lowest BCUT2D eigenvalue weighted by molar-refractivity contribution is -0.131. The molecule has 0 unspecified atom stereocenters. The number of nitrogens with one attached hydrogen (secondary N) is 2. The third-order valence-corrected chi connectivity index (χ3v) is 5.79. The SMILES string of the molecule is COc1ccccc1Nc1ncccc1C(=O)NCCC(=O)N1CCN(c2ccccc2)CC1. The van der Waals surface area contributed by atoms with Gasteiger partial charge in [-0.1, -0.05) is 30.3 Å². The summed E-state index contributed by atoms with van der Waals surface area (Å²) in [7, 11) is 1.59. The van der Waals surface area contributed by atoms with Gasteiger partial charge >= 0.3 is 0 Å². The number of nitrogens with zero attached hydrogens (tertiary/aromatic N) is 3. The van der Waals surface area contributed by atoms with Gasteiger partial charge in [-0.15, -0.1) is 0 Å². The summed E-state index contributed by atoms with van der Waals surface area (Å²) in [4.78, 5) is 33.9. The number of ether oxygens (including phenoxy) is 1. The van der Waals surface area contributed by atoms with Crippen LogP contribution in [0.2, 0.25) is 0 Å². The molecule has 1 saturated heterocycles. The third-order valence-electron chi connectivity index (χ3n) is 5.79. The normalized spacial score (nSPS) is 13.3. The molecule has 1 aromatic heterocycles. The monoisotopic (exact) mass is 459 g/mol. The lowest BCUT2D eigenvalue weighted by Crippen LogP contribution is -2.49. The first-order chi connectivity index (χ1) is 16.7. The summed E-state index contributed by atoms with van der Waals surface area (Å²) in [6.45, 7) is 3.22. The van der Waals surface area contributed by atoms with Crippen LogP contribution in [0.3, 0.4) is 0 Å². The summed E-state index contributed by atoms with van der Waals surface area (Å²) in [5, 5.41) is 6.01. The van der Waals surface area contributed by atoms with Crippen LogP contribution >= 0.6 is 0 Å². The smallest absolute Gasteiger partial charge is 0.255 e. The fraction of sp³-hybridized carbons (Fsp3) is 0.269. The van der Waals surface area contributed by atoms with E-state index in [1.807, 2.05) is 47.4 Å². The minimum Gasteiger partial charge on any atom is -0.495 e. The van der Waals surface area contributed by atoms with E-state index in [1.54, 1.807) is 25.4 Å². The molecule has 1 fully saturated rings. The first-order valence-corrected chi connectivity index (χ1v) is 11.4. The maximum absolute atomic E-state index is 12.8. The number of hydrogen-bond acceptors (Lipinski definition) is 6. The predicted molar refractivity (Wildman–Crippen MR) is 133 cm³/mol. The van der Waals surface area contributed by atoms with Crippen LogP contribution < -0.4 is 20.3 Å². The van der Waals surface area contributed by atoms with Gasteiger partial charge in [0, 0.05) is 51.0 Å². The largest absolute Gasteiger partial charge is 0.495 e. The van der Waals surface area contributed by atoms with Crippen molar-refractivity contribution in [3.8, 4) is 5.75 Å². The highest BCUT2D eigenvalue weighted by Gasteiger charge is 2.21. The van der Waals surface area contributed by atoms with E-state index in [4.69, 9.17) is 4.74 Å². The van der Waals surface area contributed by atoms with E-state index >= 15 is 0 Å². The Hall–Kier alpha value is -4.07. The second-order valence-corrected chi connectivity index (χ2v) is 7.93. The molecule has 1 aliphatic rings. The van der Waals surface area contributed by atoms with Crippen LogP contribution in [0.4, 0.5) is 17.2 Å². The number of carbonyl (C=O) groups is 2. The molecule has 0 spiro atoms. The van der Waals surface area contributed by atoms with Crippen molar-refractivity contribution in [2.45, 2.75) is 6.42 Å². The van der Waals surface area contributed by atoms with Gasteiger partial charge in [-0.3, -0.25) is 9.59 Å². The quantitative estimate of drug-likeness (QED) is 0.538. The molecule has 8 nitrogen and oxygen atoms in total. The molecule has 2 aromatic carbocycles. The van der Waals surface area contributed by atoms with Crippen molar-refractivity contribution in [1.29, 1.82) is 0 Å². The Morgan fingerprint density at radius 1 is 0.941 bits per heavy atom. The average Bonchev–Trinajstić information content (AvgIpc) is 2.90. The molecule has 0 radical (unpaired) electrons. The minimum absolute atomic E-state index is 0.0477. The molecule has 3 aromatic rings. The van der Waals surface area contributed by atoms with E-state index in [9.17, 15) is 9.59 Å². The van der Waals surface area contributed by atoms with Crippen LogP contribution in [0, 0.1) is 0 Å². The van der Waals surface area contributed by atoms with Crippen molar-refractivity contribution in [2.24, 2.45) is 0 Å². The van der Waals surface area contributed by atoms with Gasteiger partial charge in [-0.25, -0.2) is 4.98 Å². The van der Waals surface area contributed by atoms with E-state index in [0.29, 0.717) is 35.9 Å². The zero-order valence-corrected chi connectivity index (χ0v) is 19.2. The number of methoxy groups -OCH3 is 1. The van der Waals surface area contributed by atoms with E-state index < -0.39 is 0 Å². The van der Waals surface area contributed by atoms with Gasteiger partial charge in [-0.2, -0.15) is 0 Å². The number of piperazine rings is 1. The summed E-state index contributed by atoms with van der Waals surface area (Å²) in [6.07, 6.45) is 1.87. The number of amides is 2. The topological polar surface area (TPSA) is 86.8 Å². The van der Waals surface area contributed by atoms with Gasteiger partial charge in [0.05, 0.1) is 18.4 Å². The summed E-state index contributed by atoms with van der Waals surface area (Å²) >= 11 is 0. The Morgan fingerprint density at radius 2 is 1.68 bits per heavy atom. The van der Waals surface area contributed by atoms with Gasteiger partial charge in [-0.05, 0) is 36.4 Å². The number of benzene rings is 2. The number of pyridine rings is 1.